The van der Waals surface area contributed by atoms with Crippen LogP contribution >= 0.6 is 0 Å². The molecule has 0 atom stereocenters. The zero-order valence-electron chi connectivity index (χ0n) is 16.4. The molecule has 27 heavy (non-hydrogen) atoms. The number of carbonyl (C=O) groups excluding carboxylic acids is 2. The highest BCUT2D eigenvalue weighted by Crippen LogP contribution is 2.17. The first-order valence-electron chi connectivity index (χ1n) is 9.02. The van der Waals surface area contributed by atoms with Gasteiger partial charge in [-0.05, 0) is 62.4 Å². The Morgan fingerprint density at radius 3 is 2.07 bits per heavy atom. The number of benzene rings is 2. The summed E-state index contributed by atoms with van der Waals surface area (Å²) in [6.45, 7) is 5.99. The number of hydrogen-bond acceptors (Lipinski definition) is 4. The average Bonchev–Trinajstić information content (AvgIpc) is 2.69. The summed E-state index contributed by atoms with van der Waals surface area (Å²) in [5.74, 6) is 0.273. The van der Waals surface area contributed by atoms with Crippen molar-refractivity contribution in [1.82, 2.24) is 4.90 Å². The standard InChI is InChI=1S/C21H27N3O3/c1-5-24(6-2)18-11-7-16(8-12-18)21(26)23(3)15-20(25)22-17-9-13-19(27-4)14-10-17/h7-14H,5-6,15H2,1-4H3,(H,22,25). The zero-order chi connectivity index (χ0) is 19.8. The smallest absolute Gasteiger partial charge is 0.254 e. The number of nitrogens with zero attached hydrogens (tertiary/aromatic N) is 2. The van der Waals surface area contributed by atoms with Gasteiger partial charge in [0.1, 0.15) is 5.75 Å². The number of amides is 2. The first kappa shape index (κ1) is 20.3. The second-order valence-electron chi connectivity index (χ2n) is 6.16. The van der Waals surface area contributed by atoms with E-state index in [1.807, 2.05) is 12.1 Å². The van der Waals surface area contributed by atoms with Gasteiger partial charge in [-0.15, -0.1) is 0 Å². The molecule has 1 N–H and O–H groups in total. The number of methoxy groups -OCH3 is 1. The topological polar surface area (TPSA) is 61.9 Å². The molecule has 0 unspecified atom stereocenters. The maximum absolute atomic E-state index is 12.6. The second-order valence-corrected chi connectivity index (χ2v) is 6.16. The Hall–Kier alpha value is -3.02. The van der Waals surface area contributed by atoms with E-state index >= 15 is 0 Å². The van der Waals surface area contributed by atoms with E-state index in [0.717, 1.165) is 18.8 Å². The largest absolute Gasteiger partial charge is 0.497 e. The number of anilines is 2. The van der Waals surface area contributed by atoms with Crippen LogP contribution in [0.1, 0.15) is 24.2 Å². The highest BCUT2D eigenvalue weighted by atomic mass is 16.5. The number of nitrogens with one attached hydrogen (secondary N) is 1. The summed E-state index contributed by atoms with van der Waals surface area (Å²) >= 11 is 0. The fourth-order valence-corrected chi connectivity index (χ4v) is 2.79. The van der Waals surface area contributed by atoms with Crippen molar-refractivity contribution >= 4 is 23.2 Å². The minimum atomic E-state index is -0.254. The molecule has 0 radical (unpaired) electrons. The van der Waals surface area contributed by atoms with Gasteiger partial charge < -0.3 is 19.9 Å². The van der Waals surface area contributed by atoms with Gasteiger partial charge in [0.2, 0.25) is 5.91 Å². The Labute approximate surface area is 160 Å². The molecule has 2 aromatic rings. The molecular formula is C21H27N3O3. The van der Waals surface area contributed by atoms with Gasteiger partial charge in [-0.25, -0.2) is 0 Å². The molecule has 0 aliphatic carbocycles. The summed E-state index contributed by atoms with van der Waals surface area (Å²) in [6.07, 6.45) is 0. The lowest BCUT2D eigenvalue weighted by Crippen LogP contribution is -2.35. The van der Waals surface area contributed by atoms with Crippen LogP contribution in [-0.2, 0) is 4.79 Å². The van der Waals surface area contributed by atoms with Crippen molar-refractivity contribution in [3.8, 4) is 5.75 Å². The van der Waals surface area contributed by atoms with Crippen molar-refractivity contribution in [1.29, 1.82) is 0 Å². The minimum Gasteiger partial charge on any atom is -0.497 e. The van der Waals surface area contributed by atoms with E-state index < -0.39 is 0 Å². The third-order valence-electron chi connectivity index (χ3n) is 4.34. The molecule has 0 fully saturated rings. The second kappa shape index (κ2) is 9.62. The van der Waals surface area contributed by atoms with Crippen LogP contribution in [-0.4, -0.2) is 50.5 Å². The first-order chi connectivity index (χ1) is 13.0. The molecule has 0 aliphatic heterocycles. The molecule has 0 aromatic heterocycles. The van der Waals surface area contributed by atoms with Crippen LogP contribution in [0.25, 0.3) is 0 Å². The van der Waals surface area contributed by atoms with Crippen LogP contribution in [0.5, 0.6) is 5.75 Å². The first-order valence-corrected chi connectivity index (χ1v) is 9.02. The van der Waals surface area contributed by atoms with Crippen molar-refractivity contribution in [3.63, 3.8) is 0 Å². The number of carbonyl (C=O) groups is 2. The maximum Gasteiger partial charge on any atom is 0.254 e. The molecule has 2 amide bonds. The van der Waals surface area contributed by atoms with Crippen molar-refractivity contribution in [2.45, 2.75) is 13.8 Å². The van der Waals surface area contributed by atoms with Crippen LogP contribution in [0.15, 0.2) is 48.5 Å². The van der Waals surface area contributed by atoms with Crippen molar-refractivity contribution in [2.24, 2.45) is 0 Å². The average molecular weight is 369 g/mol. The molecule has 6 heteroatoms. The maximum atomic E-state index is 12.6. The van der Waals surface area contributed by atoms with E-state index in [4.69, 9.17) is 4.74 Å². The third kappa shape index (κ3) is 5.48. The Bertz CT molecular complexity index is 753. The van der Waals surface area contributed by atoms with Crippen LogP contribution in [0.3, 0.4) is 0 Å². The van der Waals surface area contributed by atoms with Gasteiger partial charge in [0.15, 0.2) is 0 Å². The van der Waals surface area contributed by atoms with Crippen molar-refractivity contribution in [3.05, 3.63) is 54.1 Å². The molecule has 144 valence electrons. The summed E-state index contributed by atoms with van der Waals surface area (Å²) in [6, 6.07) is 14.5. The molecular weight excluding hydrogens is 342 g/mol. The fourth-order valence-electron chi connectivity index (χ4n) is 2.79. The SMILES string of the molecule is CCN(CC)c1ccc(C(=O)N(C)CC(=O)Nc2ccc(OC)cc2)cc1. The highest BCUT2D eigenvalue weighted by Gasteiger charge is 2.15. The van der Waals surface area contributed by atoms with Crippen LogP contribution in [0.2, 0.25) is 0 Å². The lowest BCUT2D eigenvalue weighted by Gasteiger charge is -2.22. The van der Waals surface area contributed by atoms with Crippen molar-refractivity contribution < 1.29 is 14.3 Å². The molecule has 0 saturated carbocycles. The van der Waals surface area contributed by atoms with E-state index in [1.165, 1.54) is 4.90 Å². The fraction of sp³-hybridized carbons (Fsp3) is 0.333. The summed E-state index contributed by atoms with van der Waals surface area (Å²) in [7, 11) is 3.21. The van der Waals surface area contributed by atoms with Gasteiger partial charge in [-0.1, -0.05) is 0 Å². The van der Waals surface area contributed by atoms with Gasteiger partial charge in [0, 0.05) is 37.1 Å². The lowest BCUT2D eigenvalue weighted by molar-refractivity contribution is -0.116. The molecule has 2 aromatic carbocycles. The van der Waals surface area contributed by atoms with Crippen molar-refractivity contribution in [2.75, 3.05) is 44.0 Å². The lowest BCUT2D eigenvalue weighted by atomic mass is 10.1. The minimum absolute atomic E-state index is 0.0251. The molecule has 0 heterocycles. The Balaban J connectivity index is 1.94. The molecule has 0 saturated heterocycles. The number of hydrogen-bond donors (Lipinski definition) is 1. The molecule has 0 spiro atoms. The number of ether oxygens (including phenoxy) is 1. The zero-order valence-corrected chi connectivity index (χ0v) is 16.4. The quantitative estimate of drug-likeness (QED) is 0.776. The Morgan fingerprint density at radius 2 is 1.56 bits per heavy atom. The molecule has 0 bridgehead atoms. The van der Waals surface area contributed by atoms with Gasteiger partial charge >= 0.3 is 0 Å². The number of rotatable bonds is 8. The molecule has 2 rings (SSSR count). The van der Waals surface area contributed by atoms with E-state index in [1.54, 1.807) is 50.6 Å². The molecule has 6 nitrogen and oxygen atoms in total. The highest BCUT2D eigenvalue weighted by molar-refractivity contribution is 5.99. The van der Waals surface area contributed by atoms with Gasteiger partial charge in [0.05, 0.1) is 13.7 Å². The number of likely N-dealkylation sites (N-methyl/N-ethyl adjacent to an activating group) is 1. The van der Waals surface area contributed by atoms with Gasteiger partial charge in [-0.2, -0.15) is 0 Å². The normalized spacial score (nSPS) is 10.2. The van der Waals surface area contributed by atoms with E-state index in [-0.39, 0.29) is 18.4 Å². The van der Waals surface area contributed by atoms with Gasteiger partial charge in [0.25, 0.3) is 5.91 Å². The van der Waals surface area contributed by atoms with E-state index in [0.29, 0.717) is 17.0 Å². The van der Waals surface area contributed by atoms with Gasteiger partial charge in [-0.3, -0.25) is 9.59 Å². The van der Waals surface area contributed by atoms with Crippen LogP contribution < -0.4 is 15.0 Å². The predicted molar refractivity (Wildman–Crippen MR) is 109 cm³/mol. The third-order valence-corrected chi connectivity index (χ3v) is 4.34. The Morgan fingerprint density at radius 1 is 0.963 bits per heavy atom. The van der Waals surface area contributed by atoms with E-state index in [2.05, 4.69) is 24.1 Å². The van der Waals surface area contributed by atoms with Crippen LogP contribution in [0.4, 0.5) is 11.4 Å². The summed E-state index contributed by atoms with van der Waals surface area (Å²) in [5.41, 5.74) is 2.30. The summed E-state index contributed by atoms with van der Waals surface area (Å²) in [5, 5.41) is 2.77. The monoisotopic (exact) mass is 369 g/mol. The molecule has 0 aliphatic rings. The predicted octanol–water partition coefficient (Wildman–Crippen LogP) is 3.25. The summed E-state index contributed by atoms with van der Waals surface area (Å²) in [4.78, 5) is 28.4. The Kier molecular flexibility index (Phi) is 7.23. The van der Waals surface area contributed by atoms with Crippen LogP contribution in [0, 0.1) is 0 Å². The summed E-state index contributed by atoms with van der Waals surface area (Å²) < 4.78 is 5.09. The van der Waals surface area contributed by atoms with E-state index in [9.17, 15) is 9.59 Å².